The molecule has 2 aromatic carbocycles. The molecule has 25 heavy (non-hydrogen) atoms. The van der Waals surface area contributed by atoms with Gasteiger partial charge in [-0.3, -0.25) is 0 Å². The summed E-state index contributed by atoms with van der Waals surface area (Å²) in [6.07, 6.45) is 2.05. The highest BCUT2D eigenvalue weighted by molar-refractivity contribution is 5.92. The minimum Gasteiger partial charge on any atom is -0.494 e. The van der Waals surface area contributed by atoms with E-state index in [1.165, 1.54) is 6.07 Å². The first-order chi connectivity index (χ1) is 12.1. The predicted octanol–water partition coefficient (Wildman–Crippen LogP) is 4.26. The Labute approximate surface area is 147 Å². The highest BCUT2D eigenvalue weighted by Gasteiger charge is 2.12. The van der Waals surface area contributed by atoms with Crippen LogP contribution >= 0.6 is 0 Å². The molecule has 0 aromatic heterocycles. The van der Waals surface area contributed by atoms with E-state index in [2.05, 4.69) is 6.92 Å². The van der Waals surface area contributed by atoms with Gasteiger partial charge in [-0.25, -0.2) is 9.59 Å². The predicted molar refractivity (Wildman–Crippen MR) is 94.2 cm³/mol. The molecule has 0 spiro atoms. The third kappa shape index (κ3) is 5.64. The van der Waals surface area contributed by atoms with Gasteiger partial charge in [0.2, 0.25) is 0 Å². The number of ether oxygens (including phenoxy) is 3. The van der Waals surface area contributed by atoms with E-state index in [0.29, 0.717) is 29.2 Å². The molecule has 0 amide bonds. The van der Waals surface area contributed by atoms with E-state index in [4.69, 9.17) is 14.2 Å². The van der Waals surface area contributed by atoms with Gasteiger partial charge in [0, 0.05) is 0 Å². The quantitative estimate of drug-likeness (QED) is 0.407. The highest BCUT2D eigenvalue weighted by atomic mass is 16.5. The molecule has 132 valence electrons. The van der Waals surface area contributed by atoms with Crippen LogP contribution in [0.25, 0.3) is 0 Å². The molecule has 0 atom stereocenters. The lowest BCUT2D eigenvalue weighted by Gasteiger charge is -2.08. The third-order valence-corrected chi connectivity index (χ3v) is 3.41. The number of hydrogen-bond donors (Lipinski definition) is 0. The number of esters is 2. The summed E-state index contributed by atoms with van der Waals surface area (Å²) in [5.41, 5.74) is 0.746. The van der Waals surface area contributed by atoms with E-state index in [1.807, 2.05) is 0 Å². The molecule has 0 unspecified atom stereocenters. The number of carbonyl (C=O) groups is 2. The second-order valence-electron chi connectivity index (χ2n) is 5.36. The molecule has 0 aliphatic heterocycles. The van der Waals surface area contributed by atoms with Gasteiger partial charge in [0.15, 0.2) is 0 Å². The van der Waals surface area contributed by atoms with Gasteiger partial charge in [0.25, 0.3) is 0 Å². The maximum absolute atomic E-state index is 12.2. The minimum atomic E-state index is -0.499. The average molecular weight is 342 g/mol. The largest absolute Gasteiger partial charge is 0.494 e. The minimum absolute atomic E-state index is 0.287. The molecule has 0 radical (unpaired) electrons. The van der Waals surface area contributed by atoms with Crippen LogP contribution in [0.15, 0.2) is 48.5 Å². The number of rotatable bonds is 8. The maximum Gasteiger partial charge on any atom is 0.343 e. The van der Waals surface area contributed by atoms with Crippen molar-refractivity contribution in [1.29, 1.82) is 0 Å². The van der Waals surface area contributed by atoms with Crippen LogP contribution in [0.5, 0.6) is 11.5 Å². The SMILES string of the molecule is CCCCOc1ccc(C(=O)Oc2cccc(C(=O)OCC)c2)cc1. The Balaban J connectivity index is 1.99. The monoisotopic (exact) mass is 342 g/mol. The zero-order valence-corrected chi connectivity index (χ0v) is 14.5. The summed E-state index contributed by atoms with van der Waals surface area (Å²) in [6.45, 7) is 4.77. The van der Waals surface area contributed by atoms with Crippen LogP contribution in [0.3, 0.4) is 0 Å². The van der Waals surface area contributed by atoms with Crippen molar-refractivity contribution in [3.05, 3.63) is 59.7 Å². The van der Waals surface area contributed by atoms with Gasteiger partial charge in [-0.15, -0.1) is 0 Å². The van der Waals surface area contributed by atoms with Crippen LogP contribution in [-0.2, 0) is 4.74 Å². The van der Waals surface area contributed by atoms with Crippen molar-refractivity contribution in [2.75, 3.05) is 13.2 Å². The fourth-order valence-electron chi connectivity index (χ4n) is 2.09. The number of unbranched alkanes of at least 4 members (excludes halogenated alkanes) is 1. The van der Waals surface area contributed by atoms with Crippen LogP contribution in [0.1, 0.15) is 47.4 Å². The lowest BCUT2D eigenvalue weighted by Crippen LogP contribution is -2.10. The first-order valence-corrected chi connectivity index (χ1v) is 8.36. The molecule has 0 N–H and O–H groups in total. The average Bonchev–Trinajstić information content (AvgIpc) is 2.63. The van der Waals surface area contributed by atoms with Gasteiger partial charge in [0.1, 0.15) is 11.5 Å². The topological polar surface area (TPSA) is 61.8 Å². The molecule has 2 aromatic rings. The van der Waals surface area contributed by atoms with E-state index in [1.54, 1.807) is 49.4 Å². The number of hydrogen-bond acceptors (Lipinski definition) is 5. The van der Waals surface area contributed by atoms with E-state index in [9.17, 15) is 9.59 Å². The van der Waals surface area contributed by atoms with Crippen molar-refractivity contribution < 1.29 is 23.8 Å². The molecule has 0 saturated heterocycles. The lowest BCUT2D eigenvalue weighted by molar-refractivity contribution is 0.0524. The Kier molecular flexibility index (Phi) is 7.01. The van der Waals surface area contributed by atoms with E-state index in [-0.39, 0.29) is 6.61 Å². The van der Waals surface area contributed by atoms with Crippen LogP contribution in [0.4, 0.5) is 0 Å². The van der Waals surface area contributed by atoms with Crippen molar-refractivity contribution in [2.24, 2.45) is 0 Å². The van der Waals surface area contributed by atoms with Crippen molar-refractivity contribution in [1.82, 2.24) is 0 Å². The number of benzene rings is 2. The molecular formula is C20H22O5. The standard InChI is InChI=1S/C20H22O5/c1-3-5-13-24-17-11-9-15(10-12-17)20(22)25-18-8-6-7-16(14-18)19(21)23-4-2/h6-12,14H,3-5,13H2,1-2H3. The van der Waals surface area contributed by atoms with Gasteiger partial charge >= 0.3 is 11.9 Å². The highest BCUT2D eigenvalue weighted by Crippen LogP contribution is 2.18. The van der Waals surface area contributed by atoms with E-state index >= 15 is 0 Å². The normalized spacial score (nSPS) is 10.2. The molecule has 0 bridgehead atoms. The first kappa shape index (κ1) is 18.5. The summed E-state index contributed by atoms with van der Waals surface area (Å²) in [5.74, 6) is 0.0585. The van der Waals surface area contributed by atoms with Crippen LogP contribution in [0.2, 0.25) is 0 Å². The summed E-state index contributed by atoms with van der Waals surface area (Å²) in [4.78, 5) is 23.9. The van der Waals surface area contributed by atoms with Crippen molar-refractivity contribution in [3.63, 3.8) is 0 Å². The van der Waals surface area contributed by atoms with Crippen molar-refractivity contribution >= 4 is 11.9 Å². The second kappa shape index (κ2) is 9.47. The molecule has 0 aliphatic rings. The Morgan fingerprint density at radius 3 is 2.32 bits per heavy atom. The van der Waals surface area contributed by atoms with Gasteiger partial charge in [0.05, 0.1) is 24.3 Å². The summed E-state index contributed by atoms with van der Waals surface area (Å²) in [7, 11) is 0. The van der Waals surface area contributed by atoms with Gasteiger partial charge < -0.3 is 14.2 Å². The Morgan fingerprint density at radius 1 is 0.880 bits per heavy atom. The molecule has 0 fully saturated rings. The Hall–Kier alpha value is -2.82. The van der Waals surface area contributed by atoms with E-state index in [0.717, 1.165) is 12.8 Å². The summed E-state index contributed by atoms with van der Waals surface area (Å²) < 4.78 is 15.8. The lowest BCUT2D eigenvalue weighted by atomic mass is 10.2. The molecule has 0 aliphatic carbocycles. The van der Waals surface area contributed by atoms with Crippen LogP contribution in [0, 0.1) is 0 Å². The van der Waals surface area contributed by atoms with Gasteiger partial charge in [-0.05, 0) is 55.8 Å². The van der Waals surface area contributed by atoms with Gasteiger partial charge in [-0.2, -0.15) is 0 Å². The smallest absolute Gasteiger partial charge is 0.343 e. The molecule has 0 saturated carbocycles. The van der Waals surface area contributed by atoms with Gasteiger partial charge in [-0.1, -0.05) is 19.4 Å². The summed E-state index contributed by atoms with van der Waals surface area (Å²) >= 11 is 0. The Bertz CT molecular complexity index is 706. The summed E-state index contributed by atoms with van der Waals surface area (Å²) in [5, 5.41) is 0. The third-order valence-electron chi connectivity index (χ3n) is 3.41. The van der Waals surface area contributed by atoms with E-state index < -0.39 is 11.9 Å². The fourth-order valence-corrected chi connectivity index (χ4v) is 2.09. The second-order valence-corrected chi connectivity index (χ2v) is 5.36. The zero-order valence-electron chi connectivity index (χ0n) is 14.5. The maximum atomic E-state index is 12.2. The molecule has 5 heteroatoms. The Morgan fingerprint density at radius 2 is 1.64 bits per heavy atom. The van der Waals surface area contributed by atoms with Crippen LogP contribution < -0.4 is 9.47 Å². The molecular weight excluding hydrogens is 320 g/mol. The molecule has 5 nitrogen and oxygen atoms in total. The summed E-state index contributed by atoms with van der Waals surface area (Å²) in [6, 6.07) is 13.1. The zero-order chi connectivity index (χ0) is 18.1. The fraction of sp³-hybridized carbons (Fsp3) is 0.300. The molecule has 2 rings (SSSR count). The first-order valence-electron chi connectivity index (χ1n) is 8.36. The molecule has 0 heterocycles. The van der Waals surface area contributed by atoms with Crippen molar-refractivity contribution in [2.45, 2.75) is 26.7 Å². The van der Waals surface area contributed by atoms with Crippen LogP contribution in [-0.4, -0.2) is 25.2 Å². The van der Waals surface area contributed by atoms with Crippen molar-refractivity contribution in [3.8, 4) is 11.5 Å². The number of carbonyl (C=O) groups excluding carboxylic acids is 2.